The normalized spacial score (nSPS) is 15.3. The molecule has 0 aromatic heterocycles. The molecular weight excluding hydrogens is 272 g/mol. The summed E-state index contributed by atoms with van der Waals surface area (Å²) in [7, 11) is 0. The maximum Gasteiger partial charge on any atom is 0.338 e. The number of carboxylic acids is 1. The van der Waals surface area contributed by atoms with Crippen LogP contribution in [0.15, 0.2) is 18.2 Å². The number of hydrogen-bond donors (Lipinski definition) is 1. The van der Waals surface area contributed by atoms with Gasteiger partial charge in [-0.05, 0) is 6.07 Å². The predicted molar refractivity (Wildman–Crippen MR) is 63.4 cm³/mol. The van der Waals surface area contributed by atoms with Gasteiger partial charge in [0.05, 0.1) is 16.2 Å². The summed E-state index contributed by atoms with van der Waals surface area (Å²) in [5.41, 5.74) is -1.15. The van der Waals surface area contributed by atoms with Crippen LogP contribution in [-0.4, -0.2) is 41.0 Å². The molecule has 0 atom stereocenters. The molecule has 9 heteroatoms. The summed E-state index contributed by atoms with van der Waals surface area (Å²) in [5, 5.41) is 19.7. The van der Waals surface area contributed by atoms with Gasteiger partial charge >= 0.3 is 5.97 Å². The average Bonchev–Trinajstić information content (AvgIpc) is 2.38. The molecule has 1 aromatic carbocycles. The Kier molecular flexibility index (Phi) is 3.44. The van der Waals surface area contributed by atoms with Crippen LogP contribution in [0.3, 0.4) is 0 Å². The first-order valence-corrected chi connectivity index (χ1v) is 5.37. The molecule has 104 valence electrons. The Morgan fingerprint density at radius 1 is 1.30 bits per heavy atom. The van der Waals surface area contributed by atoms with E-state index in [1.54, 1.807) is 0 Å². The smallest absolute Gasteiger partial charge is 0.338 e. The molecule has 1 fully saturated rings. The van der Waals surface area contributed by atoms with Gasteiger partial charge in [-0.15, -0.1) is 0 Å². The third-order valence-corrected chi connectivity index (χ3v) is 2.61. The number of anilines is 1. The van der Waals surface area contributed by atoms with Gasteiger partial charge in [-0.25, -0.2) is 9.69 Å². The second-order valence-electron chi connectivity index (χ2n) is 3.88. The summed E-state index contributed by atoms with van der Waals surface area (Å²) >= 11 is 0. The highest BCUT2D eigenvalue weighted by Crippen LogP contribution is 2.27. The summed E-state index contributed by atoms with van der Waals surface area (Å²) in [6.07, 6.45) is 0. The third kappa shape index (κ3) is 2.34. The molecular formula is C11H8N2O7. The number of aromatic carboxylic acids is 1. The van der Waals surface area contributed by atoms with E-state index in [-0.39, 0.29) is 18.9 Å². The fraction of sp³-hybridized carbons (Fsp3) is 0.182. The number of carbonyl (C=O) groups is 3. The molecule has 0 bridgehead atoms. The number of nitrogens with zero attached hydrogens (tertiary/aromatic N) is 2. The van der Waals surface area contributed by atoms with Crippen molar-refractivity contribution in [1.82, 2.24) is 0 Å². The van der Waals surface area contributed by atoms with E-state index < -0.39 is 34.0 Å². The summed E-state index contributed by atoms with van der Waals surface area (Å²) in [6, 6.07) is 2.88. The van der Waals surface area contributed by atoms with Crippen molar-refractivity contribution in [2.45, 2.75) is 0 Å². The van der Waals surface area contributed by atoms with Gasteiger partial charge in [0.15, 0.2) is 0 Å². The number of rotatable bonds is 3. The standard InChI is InChI=1S/C11H8N2O7/c14-9-4-20-5-10(15)12(9)8-2-1-6(13(18)19)3-7(8)11(16)17/h1-3H,4-5H2,(H,16,17). The van der Waals surface area contributed by atoms with E-state index >= 15 is 0 Å². The Morgan fingerprint density at radius 2 is 1.90 bits per heavy atom. The highest BCUT2D eigenvalue weighted by Gasteiger charge is 2.32. The number of non-ortho nitro benzene ring substituents is 1. The Labute approximate surface area is 111 Å². The molecule has 1 N–H and O–H groups in total. The number of amides is 2. The van der Waals surface area contributed by atoms with Crippen molar-refractivity contribution in [1.29, 1.82) is 0 Å². The van der Waals surface area contributed by atoms with Gasteiger partial charge in [0.2, 0.25) is 0 Å². The van der Waals surface area contributed by atoms with Gasteiger partial charge in [0.1, 0.15) is 13.2 Å². The fourth-order valence-electron chi connectivity index (χ4n) is 1.77. The van der Waals surface area contributed by atoms with Gasteiger partial charge < -0.3 is 9.84 Å². The Hall–Kier alpha value is -2.81. The lowest BCUT2D eigenvalue weighted by Crippen LogP contribution is -2.47. The van der Waals surface area contributed by atoms with Crippen LogP contribution in [0.4, 0.5) is 11.4 Å². The maximum atomic E-state index is 11.7. The molecule has 0 saturated carbocycles. The number of nitro groups is 1. The van der Waals surface area contributed by atoms with Crippen LogP contribution in [0, 0.1) is 10.1 Å². The van der Waals surface area contributed by atoms with E-state index in [1.807, 2.05) is 0 Å². The van der Waals surface area contributed by atoms with Crippen LogP contribution in [0.1, 0.15) is 10.4 Å². The van der Waals surface area contributed by atoms with E-state index in [9.17, 15) is 24.5 Å². The van der Waals surface area contributed by atoms with Crippen molar-refractivity contribution in [3.8, 4) is 0 Å². The van der Waals surface area contributed by atoms with Crippen molar-refractivity contribution in [2.75, 3.05) is 18.1 Å². The number of morpholine rings is 1. The minimum absolute atomic E-state index is 0.207. The summed E-state index contributed by atoms with van der Waals surface area (Å²) < 4.78 is 4.71. The molecule has 9 nitrogen and oxygen atoms in total. The minimum atomic E-state index is -1.48. The number of nitro benzene ring substituents is 1. The van der Waals surface area contributed by atoms with E-state index in [0.29, 0.717) is 4.90 Å². The maximum absolute atomic E-state index is 11.7. The van der Waals surface area contributed by atoms with Crippen LogP contribution < -0.4 is 4.90 Å². The molecule has 0 radical (unpaired) electrons. The lowest BCUT2D eigenvalue weighted by atomic mass is 10.1. The molecule has 0 aliphatic carbocycles. The molecule has 0 unspecified atom stereocenters. The predicted octanol–water partition coefficient (Wildman–Crippen LogP) is 0.183. The first-order chi connectivity index (χ1) is 9.41. The van der Waals surface area contributed by atoms with Crippen LogP contribution in [0.5, 0.6) is 0 Å². The van der Waals surface area contributed by atoms with E-state index in [2.05, 4.69) is 0 Å². The number of carboxylic acid groups (broad SMARTS) is 1. The molecule has 20 heavy (non-hydrogen) atoms. The van der Waals surface area contributed by atoms with E-state index in [4.69, 9.17) is 9.84 Å². The lowest BCUT2D eigenvalue weighted by Gasteiger charge is -2.25. The Bertz CT molecular complexity index is 609. The van der Waals surface area contributed by atoms with Crippen molar-refractivity contribution < 1.29 is 29.2 Å². The molecule has 0 spiro atoms. The molecule has 1 heterocycles. The SMILES string of the molecule is O=C(O)c1cc([N+](=O)[O-])ccc1N1C(=O)COCC1=O. The summed E-state index contributed by atoms with van der Waals surface area (Å²) in [6.45, 7) is -0.719. The summed E-state index contributed by atoms with van der Waals surface area (Å²) in [4.78, 5) is 45.0. The topological polar surface area (TPSA) is 127 Å². The molecule has 1 aromatic rings. The number of benzene rings is 1. The number of ether oxygens (including phenoxy) is 1. The highest BCUT2D eigenvalue weighted by atomic mass is 16.6. The Morgan fingerprint density at radius 3 is 2.40 bits per heavy atom. The van der Waals surface area contributed by atoms with Crippen LogP contribution in [0.25, 0.3) is 0 Å². The quantitative estimate of drug-likeness (QED) is 0.475. The van der Waals surface area contributed by atoms with Crippen molar-refractivity contribution >= 4 is 29.2 Å². The van der Waals surface area contributed by atoms with E-state index in [0.717, 1.165) is 18.2 Å². The zero-order valence-corrected chi connectivity index (χ0v) is 9.94. The average molecular weight is 280 g/mol. The largest absolute Gasteiger partial charge is 0.478 e. The highest BCUT2D eigenvalue weighted by molar-refractivity contribution is 6.19. The van der Waals surface area contributed by atoms with Crippen LogP contribution >= 0.6 is 0 Å². The molecule has 1 aliphatic rings. The number of carbonyl (C=O) groups excluding carboxylic acids is 2. The zero-order valence-electron chi connectivity index (χ0n) is 9.94. The first-order valence-electron chi connectivity index (χ1n) is 5.37. The second-order valence-corrected chi connectivity index (χ2v) is 3.88. The third-order valence-electron chi connectivity index (χ3n) is 2.61. The minimum Gasteiger partial charge on any atom is -0.478 e. The number of imide groups is 1. The molecule has 2 rings (SSSR count). The van der Waals surface area contributed by atoms with Crippen molar-refractivity contribution in [2.24, 2.45) is 0 Å². The van der Waals surface area contributed by atoms with Crippen LogP contribution in [-0.2, 0) is 14.3 Å². The zero-order chi connectivity index (χ0) is 14.9. The number of hydrogen-bond acceptors (Lipinski definition) is 6. The Balaban J connectivity index is 2.55. The fourth-order valence-corrected chi connectivity index (χ4v) is 1.77. The van der Waals surface area contributed by atoms with Gasteiger partial charge in [0.25, 0.3) is 17.5 Å². The summed E-state index contributed by atoms with van der Waals surface area (Å²) in [5.74, 6) is -2.93. The van der Waals surface area contributed by atoms with Crippen molar-refractivity contribution in [3.63, 3.8) is 0 Å². The monoisotopic (exact) mass is 280 g/mol. The lowest BCUT2D eigenvalue weighted by molar-refractivity contribution is -0.384. The van der Waals surface area contributed by atoms with Gasteiger partial charge in [-0.2, -0.15) is 0 Å². The molecule has 1 aliphatic heterocycles. The van der Waals surface area contributed by atoms with Crippen LogP contribution in [0.2, 0.25) is 0 Å². The second kappa shape index (κ2) is 5.05. The van der Waals surface area contributed by atoms with E-state index in [1.165, 1.54) is 0 Å². The van der Waals surface area contributed by atoms with Gasteiger partial charge in [-0.1, -0.05) is 0 Å². The first kappa shape index (κ1) is 13.6. The van der Waals surface area contributed by atoms with Gasteiger partial charge in [0, 0.05) is 12.1 Å². The van der Waals surface area contributed by atoms with Gasteiger partial charge in [-0.3, -0.25) is 19.7 Å². The molecule has 1 saturated heterocycles. The molecule has 2 amide bonds. The van der Waals surface area contributed by atoms with Crippen molar-refractivity contribution in [3.05, 3.63) is 33.9 Å².